The van der Waals surface area contributed by atoms with Crippen molar-refractivity contribution in [3.8, 4) is 0 Å². The highest BCUT2D eigenvalue weighted by molar-refractivity contribution is 5.75. The van der Waals surface area contributed by atoms with Gasteiger partial charge in [-0.15, -0.1) is 0 Å². The Morgan fingerprint density at radius 1 is 1.50 bits per heavy atom. The van der Waals surface area contributed by atoms with Gasteiger partial charge in [0.05, 0.1) is 5.54 Å². The summed E-state index contributed by atoms with van der Waals surface area (Å²) >= 11 is 0. The molecule has 1 saturated carbocycles. The van der Waals surface area contributed by atoms with E-state index in [4.69, 9.17) is 5.73 Å². The Morgan fingerprint density at radius 2 is 2.19 bits per heavy atom. The van der Waals surface area contributed by atoms with Crippen LogP contribution in [0, 0.1) is 5.92 Å². The normalized spacial score (nSPS) is 30.2. The first-order chi connectivity index (χ1) is 7.50. The quantitative estimate of drug-likeness (QED) is 0.685. The lowest BCUT2D eigenvalue weighted by atomic mass is 9.73. The molecule has 1 fully saturated rings. The number of nitrogens with one attached hydrogen (secondary N) is 2. The van der Waals surface area contributed by atoms with Crippen molar-refractivity contribution < 1.29 is 4.79 Å². The molecule has 2 unspecified atom stereocenters. The minimum Gasteiger partial charge on any atom is -0.336 e. The first-order valence-electron chi connectivity index (χ1n) is 6.29. The molecule has 0 aromatic heterocycles. The lowest BCUT2D eigenvalue weighted by Gasteiger charge is -2.42. The molecule has 0 radical (unpaired) electrons. The van der Waals surface area contributed by atoms with E-state index in [0.717, 1.165) is 19.3 Å². The molecular formula is C12H25N3O. The second-order valence-electron chi connectivity index (χ2n) is 5.26. The van der Waals surface area contributed by atoms with Gasteiger partial charge in [0, 0.05) is 12.6 Å². The maximum absolute atomic E-state index is 11.8. The zero-order valence-electron chi connectivity index (χ0n) is 10.7. The first kappa shape index (κ1) is 13.3. The number of hydrogen-bond donors (Lipinski definition) is 3. The van der Waals surface area contributed by atoms with E-state index in [1.165, 1.54) is 6.42 Å². The summed E-state index contributed by atoms with van der Waals surface area (Å²) in [6, 6.07) is 0.0721. The summed E-state index contributed by atoms with van der Waals surface area (Å²) in [5.41, 5.74) is 5.67. The molecule has 2 amide bonds. The van der Waals surface area contributed by atoms with Crippen LogP contribution < -0.4 is 16.4 Å². The van der Waals surface area contributed by atoms with Gasteiger partial charge in [0.1, 0.15) is 0 Å². The van der Waals surface area contributed by atoms with E-state index in [-0.39, 0.29) is 17.6 Å². The highest BCUT2D eigenvalue weighted by atomic mass is 16.2. The Morgan fingerprint density at radius 3 is 2.69 bits per heavy atom. The average Bonchev–Trinajstić information content (AvgIpc) is 2.20. The molecule has 0 aliphatic heterocycles. The number of amides is 2. The van der Waals surface area contributed by atoms with E-state index in [2.05, 4.69) is 17.6 Å². The van der Waals surface area contributed by atoms with Crippen LogP contribution >= 0.6 is 0 Å². The molecule has 0 saturated heterocycles. The van der Waals surface area contributed by atoms with Crippen molar-refractivity contribution in [1.29, 1.82) is 0 Å². The summed E-state index contributed by atoms with van der Waals surface area (Å²) in [7, 11) is 0. The van der Waals surface area contributed by atoms with Crippen LogP contribution in [0.5, 0.6) is 0 Å². The van der Waals surface area contributed by atoms with Crippen LogP contribution in [0.25, 0.3) is 0 Å². The number of carbonyl (C=O) groups excluding carboxylic acids is 1. The van der Waals surface area contributed by atoms with Crippen LogP contribution in [0.3, 0.4) is 0 Å². The van der Waals surface area contributed by atoms with Crippen molar-refractivity contribution in [1.82, 2.24) is 10.6 Å². The molecule has 1 rings (SSSR count). The van der Waals surface area contributed by atoms with Gasteiger partial charge in [-0.2, -0.15) is 0 Å². The molecule has 0 aromatic rings. The second kappa shape index (κ2) is 5.53. The van der Waals surface area contributed by atoms with Crippen LogP contribution in [0.1, 0.15) is 46.5 Å². The SMILES string of the molecule is CC(C)NC(=O)NC1(CN)CCCCC1C. The largest absolute Gasteiger partial charge is 0.336 e. The Balaban J connectivity index is 2.61. The van der Waals surface area contributed by atoms with Gasteiger partial charge in [-0.25, -0.2) is 4.79 Å². The molecule has 4 heteroatoms. The van der Waals surface area contributed by atoms with Gasteiger partial charge >= 0.3 is 6.03 Å². The summed E-state index contributed by atoms with van der Waals surface area (Å²) in [6.45, 7) is 6.62. The molecule has 0 aromatic carbocycles. The number of carbonyl (C=O) groups is 1. The van der Waals surface area contributed by atoms with Crippen molar-refractivity contribution in [2.45, 2.75) is 58.0 Å². The highest BCUT2D eigenvalue weighted by Gasteiger charge is 2.38. The zero-order chi connectivity index (χ0) is 12.2. The molecule has 1 aliphatic rings. The standard InChI is InChI=1S/C12H25N3O/c1-9(2)14-11(16)15-12(8-13)7-5-4-6-10(12)3/h9-10H,4-8,13H2,1-3H3,(H2,14,15,16). The molecule has 0 bridgehead atoms. The molecule has 0 heterocycles. The Kier molecular flexibility index (Phi) is 4.59. The van der Waals surface area contributed by atoms with E-state index in [1.54, 1.807) is 0 Å². The maximum Gasteiger partial charge on any atom is 0.315 e. The van der Waals surface area contributed by atoms with Crippen molar-refractivity contribution in [3.63, 3.8) is 0 Å². The van der Waals surface area contributed by atoms with Crippen LogP contribution in [0.4, 0.5) is 4.79 Å². The van der Waals surface area contributed by atoms with Gasteiger partial charge in [-0.3, -0.25) is 0 Å². The van der Waals surface area contributed by atoms with Gasteiger partial charge in [0.2, 0.25) is 0 Å². The van der Waals surface area contributed by atoms with Gasteiger partial charge < -0.3 is 16.4 Å². The van der Waals surface area contributed by atoms with Gasteiger partial charge in [0.25, 0.3) is 0 Å². The van der Waals surface area contributed by atoms with Gasteiger partial charge in [-0.1, -0.05) is 19.8 Å². The third-order valence-corrected chi connectivity index (χ3v) is 3.60. The summed E-state index contributed by atoms with van der Waals surface area (Å²) in [6.07, 6.45) is 4.55. The van der Waals surface area contributed by atoms with Gasteiger partial charge in [0.15, 0.2) is 0 Å². The average molecular weight is 227 g/mol. The van der Waals surface area contributed by atoms with Crippen LogP contribution in [-0.4, -0.2) is 24.2 Å². The minimum absolute atomic E-state index is 0.0887. The molecule has 0 spiro atoms. The highest BCUT2D eigenvalue weighted by Crippen LogP contribution is 2.32. The second-order valence-corrected chi connectivity index (χ2v) is 5.26. The Labute approximate surface area is 98.3 Å². The fourth-order valence-corrected chi connectivity index (χ4v) is 2.48. The summed E-state index contributed by atoms with van der Waals surface area (Å²) in [5.74, 6) is 0.462. The van der Waals surface area contributed by atoms with Crippen molar-refractivity contribution in [3.05, 3.63) is 0 Å². The van der Waals surface area contributed by atoms with Crippen molar-refractivity contribution in [2.24, 2.45) is 11.7 Å². The maximum atomic E-state index is 11.8. The molecule has 1 aliphatic carbocycles. The van der Waals surface area contributed by atoms with E-state index < -0.39 is 0 Å². The van der Waals surface area contributed by atoms with E-state index in [1.807, 2.05) is 13.8 Å². The fourth-order valence-electron chi connectivity index (χ4n) is 2.48. The minimum atomic E-state index is -0.197. The predicted octanol–water partition coefficient (Wildman–Crippen LogP) is 1.60. The van der Waals surface area contributed by atoms with E-state index in [9.17, 15) is 4.79 Å². The molecular weight excluding hydrogens is 202 g/mol. The first-order valence-corrected chi connectivity index (χ1v) is 6.29. The number of rotatable bonds is 3. The van der Waals surface area contributed by atoms with E-state index >= 15 is 0 Å². The monoisotopic (exact) mass is 227 g/mol. The van der Waals surface area contributed by atoms with Crippen LogP contribution in [0.2, 0.25) is 0 Å². The topological polar surface area (TPSA) is 67.2 Å². The smallest absolute Gasteiger partial charge is 0.315 e. The van der Waals surface area contributed by atoms with Crippen molar-refractivity contribution >= 4 is 6.03 Å². The molecule has 2 atom stereocenters. The van der Waals surface area contributed by atoms with E-state index in [0.29, 0.717) is 12.5 Å². The van der Waals surface area contributed by atoms with Gasteiger partial charge in [-0.05, 0) is 32.6 Å². The molecule has 94 valence electrons. The predicted molar refractivity (Wildman–Crippen MR) is 66.2 cm³/mol. The summed E-state index contributed by atoms with van der Waals surface area (Å²) in [5, 5.41) is 5.95. The third kappa shape index (κ3) is 3.11. The molecule has 4 nitrogen and oxygen atoms in total. The molecule has 16 heavy (non-hydrogen) atoms. The van der Waals surface area contributed by atoms with Crippen molar-refractivity contribution in [2.75, 3.05) is 6.54 Å². The Bertz CT molecular complexity index is 242. The Hall–Kier alpha value is -0.770. The van der Waals surface area contributed by atoms with Crippen LogP contribution in [0.15, 0.2) is 0 Å². The number of urea groups is 1. The summed E-state index contributed by atoms with van der Waals surface area (Å²) in [4.78, 5) is 11.8. The van der Waals surface area contributed by atoms with Crippen LogP contribution in [-0.2, 0) is 0 Å². The lowest BCUT2D eigenvalue weighted by Crippen LogP contribution is -2.61. The summed E-state index contributed by atoms with van der Waals surface area (Å²) < 4.78 is 0. The zero-order valence-corrected chi connectivity index (χ0v) is 10.7. The lowest BCUT2D eigenvalue weighted by molar-refractivity contribution is 0.159. The number of hydrogen-bond acceptors (Lipinski definition) is 2. The molecule has 4 N–H and O–H groups in total. The third-order valence-electron chi connectivity index (χ3n) is 3.60. The fraction of sp³-hybridized carbons (Fsp3) is 0.917. The number of nitrogens with two attached hydrogens (primary N) is 1.